The second kappa shape index (κ2) is 14.8. The van der Waals surface area contributed by atoms with Gasteiger partial charge in [0.05, 0.1) is 0 Å². The van der Waals surface area contributed by atoms with Crippen molar-refractivity contribution in [1.82, 2.24) is 15.7 Å². The second-order valence-corrected chi connectivity index (χ2v) is 9.93. The Bertz CT molecular complexity index is 950. The molecule has 1 aliphatic rings. The van der Waals surface area contributed by atoms with Crippen LogP contribution in [0.15, 0.2) is 24.3 Å². The monoisotopic (exact) mass is 556 g/mol. The lowest BCUT2D eigenvalue weighted by Gasteiger charge is -2.25. The molecule has 2 atom stereocenters. The Kier molecular flexibility index (Phi) is 12.1. The number of amides is 4. The van der Waals surface area contributed by atoms with E-state index in [0.29, 0.717) is 29.9 Å². The number of anilines is 1. The molecule has 0 radical (unpaired) electrons. The summed E-state index contributed by atoms with van der Waals surface area (Å²) in [5.41, 5.74) is 1.71. The van der Waals surface area contributed by atoms with Gasteiger partial charge < -0.3 is 20.4 Å². The molecule has 4 amide bonds. The van der Waals surface area contributed by atoms with E-state index in [4.69, 9.17) is 28.0 Å². The molecule has 2 rings (SSSR count). The fourth-order valence-corrected chi connectivity index (χ4v) is 4.28. The third-order valence-corrected chi connectivity index (χ3v) is 5.98. The van der Waals surface area contributed by atoms with E-state index in [1.807, 2.05) is 43.0 Å². The lowest BCUT2D eigenvalue weighted by molar-refractivity contribution is -0.199. The van der Waals surface area contributed by atoms with E-state index in [2.05, 4.69) is 10.6 Å². The summed E-state index contributed by atoms with van der Waals surface area (Å²) in [7, 11) is 0. The number of carbonyl (C=O) groups is 5. The van der Waals surface area contributed by atoms with Gasteiger partial charge in [-0.05, 0) is 30.0 Å². The molecule has 2 N–H and O–H groups in total. The molecular formula is C25H34Cl2N4O6. The molecule has 1 aromatic rings. The van der Waals surface area contributed by atoms with Crippen molar-refractivity contribution in [2.24, 2.45) is 5.92 Å². The van der Waals surface area contributed by atoms with Crippen molar-refractivity contribution in [3.63, 3.8) is 0 Å². The Hall–Kier alpha value is -2.85. The van der Waals surface area contributed by atoms with Gasteiger partial charge in [-0.25, -0.2) is 4.79 Å². The number of alkyl halides is 2. The quantitative estimate of drug-likeness (QED) is 0.265. The van der Waals surface area contributed by atoms with E-state index in [0.717, 1.165) is 11.3 Å². The van der Waals surface area contributed by atoms with Crippen molar-refractivity contribution in [3.05, 3.63) is 29.8 Å². The summed E-state index contributed by atoms with van der Waals surface area (Å²) in [5, 5.41) is 5.70. The first-order chi connectivity index (χ1) is 17.5. The van der Waals surface area contributed by atoms with Crippen LogP contribution in [0.2, 0.25) is 0 Å². The fraction of sp³-hybridized carbons (Fsp3) is 0.560. The minimum atomic E-state index is -1.12. The molecule has 37 heavy (non-hydrogen) atoms. The number of carbonyl (C=O) groups excluding carboxylic acids is 5. The number of hydroxylamine groups is 2. The molecule has 12 heteroatoms. The van der Waals surface area contributed by atoms with Crippen LogP contribution in [0.4, 0.5) is 5.69 Å². The molecular weight excluding hydrogens is 523 g/mol. The zero-order chi connectivity index (χ0) is 27.5. The Balaban J connectivity index is 2.14. The van der Waals surface area contributed by atoms with Gasteiger partial charge in [-0.2, -0.15) is 0 Å². The molecule has 0 spiro atoms. The van der Waals surface area contributed by atoms with E-state index >= 15 is 0 Å². The predicted molar refractivity (Wildman–Crippen MR) is 140 cm³/mol. The van der Waals surface area contributed by atoms with Gasteiger partial charge in [-0.1, -0.05) is 26.0 Å². The maximum atomic E-state index is 13.2. The molecule has 0 unspecified atom stereocenters. The highest BCUT2D eigenvalue weighted by atomic mass is 35.5. The van der Waals surface area contributed by atoms with Gasteiger partial charge in [0.15, 0.2) is 0 Å². The Morgan fingerprint density at radius 3 is 2.03 bits per heavy atom. The summed E-state index contributed by atoms with van der Waals surface area (Å²) in [6, 6.07) is 5.38. The van der Waals surface area contributed by atoms with Crippen LogP contribution >= 0.6 is 23.2 Å². The SMILES string of the molecule is CC(=O)N[C@H](Cc1ccc(N(CCCl)CCCl)cc1)C(=O)N[C@H](CC(C)C)C(=O)ON1C(=O)CCC1=O. The third-order valence-electron chi connectivity index (χ3n) is 5.64. The average Bonchev–Trinajstić information content (AvgIpc) is 3.15. The molecule has 1 aromatic carbocycles. The van der Waals surface area contributed by atoms with E-state index in [1.54, 1.807) is 0 Å². The number of nitrogens with zero attached hydrogens (tertiary/aromatic N) is 2. The van der Waals surface area contributed by atoms with Gasteiger partial charge in [-0.3, -0.25) is 19.2 Å². The summed E-state index contributed by atoms with van der Waals surface area (Å²) >= 11 is 11.8. The summed E-state index contributed by atoms with van der Waals surface area (Å²) in [6.45, 7) is 6.26. The molecule has 204 valence electrons. The minimum Gasteiger partial charge on any atom is -0.369 e. The maximum absolute atomic E-state index is 13.2. The molecule has 0 saturated carbocycles. The normalized spacial score (nSPS) is 14.9. The van der Waals surface area contributed by atoms with Crippen molar-refractivity contribution < 1.29 is 28.8 Å². The number of benzene rings is 1. The Morgan fingerprint density at radius 1 is 0.973 bits per heavy atom. The van der Waals surface area contributed by atoms with Crippen molar-refractivity contribution >= 4 is 58.5 Å². The van der Waals surface area contributed by atoms with E-state index in [1.165, 1.54) is 6.92 Å². The largest absolute Gasteiger partial charge is 0.369 e. The number of hydrogen-bond donors (Lipinski definition) is 2. The number of hydrogen-bond acceptors (Lipinski definition) is 7. The van der Waals surface area contributed by atoms with Crippen molar-refractivity contribution in [2.75, 3.05) is 29.7 Å². The summed E-state index contributed by atoms with van der Waals surface area (Å²) in [5.74, 6) is -2.26. The lowest BCUT2D eigenvalue weighted by Crippen LogP contribution is -2.53. The van der Waals surface area contributed by atoms with Gasteiger partial charge in [0.2, 0.25) is 11.8 Å². The zero-order valence-electron chi connectivity index (χ0n) is 21.3. The number of nitrogens with one attached hydrogen (secondary N) is 2. The predicted octanol–water partition coefficient (Wildman–Crippen LogP) is 2.16. The first-order valence-electron chi connectivity index (χ1n) is 12.2. The van der Waals surface area contributed by atoms with Crippen LogP contribution in [0, 0.1) is 5.92 Å². The molecule has 0 aromatic heterocycles. The van der Waals surface area contributed by atoms with Gasteiger partial charge in [0.25, 0.3) is 11.8 Å². The Morgan fingerprint density at radius 2 is 1.54 bits per heavy atom. The molecule has 1 heterocycles. The molecule has 10 nitrogen and oxygen atoms in total. The lowest BCUT2D eigenvalue weighted by atomic mass is 10.0. The van der Waals surface area contributed by atoms with Crippen LogP contribution in [0.25, 0.3) is 0 Å². The smallest absolute Gasteiger partial charge is 0.355 e. The van der Waals surface area contributed by atoms with E-state index < -0.39 is 41.7 Å². The van der Waals surface area contributed by atoms with Crippen LogP contribution in [-0.2, 0) is 35.2 Å². The Labute approximate surface area is 226 Å². The highest BCUT2D eigenvalue weighted by Gasteiger charge is 2.36. The first kappa shape index (κ1) is 30.4. The van der Waals surface area contributed by atoms with E-state index in [9.17, 15) is 24.0 Å². The van der Waals surface area contributed by atoms with Crippen LogP contribution in [-0.4, -0.2) is 71.6 Å². The topological polar surface area (TPSA) is 125 Å². The van der Waals surface area contributed by atoms with Crippen molar-refractivity contribution in [3.8, 4) is 0 Å². The standard InChI is InChI=1S/C25H34Cl2N4O6/c1-16(2)14-21(25(36)37-31-22(33)8-9-23(31)34)29-24(35)20(28-17(3)32)15-18-4-6-19(7-5-18)30(12-10-26)13-11-27/h4-7,16,20-21H,8-15H2,1-3H3,(H,28,32)(H,29,35)/t20-,21-/m1/s1. The molecule has 1 aliphatic heterocycles. The van der Waals surface area contributed by atoms with Crippen molar-refractivity contribution in [1.29, 1.82) is 0 Å². The average molecular weight is 557 g/mol. The number of imide groups is 1. The molecule has 1 fully saturated rings. The highest BCUT2D eigenvalue weighted by molar-refractivity contribution is 6.18. The van der Waals surface area contributed by atoms with Gasteiger partial charge >= 0.3 is 5.97 Å². The van der Waals surface area contributed by atoms with Crippen LogP contribution in [0.1, 0.15) is 45.6 Å². The van der Waals surface area contributed by atoms with Crippen LogP contribution < -0.4 is 15.5 Å². The zero-order valence-corrected chi connectivity index (χ0v) is 22.8. The summed E-state index contributed by atoms with van der Waals surface area (Å²) in [6.07, 6.45) is 0.307. The van der Waals surface area contributed by atoms with E-state index in [-0.39, 0.29) is 31.6 Å². The van der Waals surface area contributed by atoms with Crippen molar-refractivity contribution in [2.45, 2.75) is 58.5 Å². The maximum Gasteiger partial charge on any atom is 0.355 e. The van der Waals surface area contributed by atoms with Crippen LogP contribution in [0.5, 0.6) is 0 Å². The second-order valence-electron chi connectivity index (χ2n) is 9.17. The van der Waals surface area contributed by atoms with Gasteiger partial charge in [-0.15, -0.1) is 28.3 Å². The van der Waals surface area contributed by atoms with Gasteiger partial charge in [0, 0.05) is 56.7 Å². The number of halogens is 2. The molecule has 0 bridgehead atoms. The fourth-order valence-electron chi connectivity index (χ4n) is 3.88. The van der Waals surface area contributed by atoms with Crippen LogP contribution in [0.3, 0.4) is 0 Å². The third kappa shape index (κ3) is 9.51. The summed E-state index contributed by atoms with van der Waals surface area (Å²) < 4.78 is 0. The molecule has 0 aliphatic carbocycles. The van der Waals surface area contributed by atoms with Gasteiger partial charge in [0.1, 0.15) is 12.1 Å². The summed E-state index contributed by atoms with van der Waals surface area (Å²) in [4.78, 5) is 68.5. The number of rotatable bonds is 14. The molecule has 1 saturated heterocycles. The highest BCUT2D eigenvalue weighted by Crippen LogP contribution is 2.18. The minimum absolute atomic E-state index is 0.0153. The first-order valence-corrected chi connectivity index (χ1v) is 13.2.